The second-order valence-corrected chi connectivity index (χ2v) is 7.39. The standard InChI is InChI=1S/2C14H14N2O.Fe/c2*1-11(12-7-5-6-8-12)15-16-14(17)13-9-3-2-4-10-13;/h2*2-10,15H,1H3,(H,16,17);/q;;+2/p-2. The van der Waals surface area contributed by atoms with E-state index in [0.29, 0.717) is 11.1 Å². The van der Waals surface area contributed by atoms with Crippen LogP contribution in [0.4, 0.5) is 0 Å². The molecular formula is C28H26FeN4O2. The van der Waals surface area contributed by atoms with Gasteiger partial charge in [-0.05, 0) is 36.1 Å². The average molecular weight is 506 g/mol. The zero-order valence-corrected chi connectivity index (χ0v) is 20.6. The zero-order valence-electron chi connectivity index (χ0n) is 19.5. The topological polar surface area (TPSA) is 94.9 Å². The summed E-state index contributed by atoms with van der Waals surface area (Å²) < 4.78 is 0. The fraction of sp³-hybridized carbons (Fsp3) is 0.0714. The molecule has 0 saturated heterocycles. The maximum atomic E-state index is 11.7. The molecule has 0 unspecified atom stereocenters. The molecule has 0 aliphatic heterocycles. The van der Waals surface area contributed by atoms with Gasteiger partial charge in [-0.15, -0.1) is 0 Å². The van der Waals surface area contributed by atoms with Crippen molar-refractivity contribution in [1.82, 2.24) is 10.9 Å². The second kappa shape index (κ2) is 14.3. The van der Waals surface area contributed by atoms with Gasteiger partial charge in [0.05, 0.1) is 0 Å². The Hall–Kier alpha value is -4.06. The molecule has 0 heterocycles. The quantitative estimate of drug-likeness (QED) is 0.272. The molecule has 0 spiro atoms. The van der Waals surface area contributed by atoms with E-state index in [4.69, 9.17) is 0 Å². The van der Waals surface area contributed by atoms with Crippen molar-refractivity contribution in [2.24, 2.45) is 10.2 Å². The van der Waals surface area contributed by atoms with Crippen molar-refractivity contribution >= 4 is 11.8 Å². The largest absolute Gasteiger partial charge is 2.00 e. The molecule has 0 saturated carbocycles. The van der Waals surface area contributed by atoms with Crippen LogP contribution in [0.3, 0.4) is 0 Å². The number of hydrogen-bond donors (Lipinski definition) is 2. The Labute approximate surface area is 216 Å². The van der Waals surface area contributed by atoms with Gasteiger partial charge < -0.3 is 10.2 Å². The number of nitrogens with zero attached hydrogens (tertiary/aromatic N) is 2. The molecule has 0 radical (unpaired) electrons. The molecule has 2 aliphatic rings. The third-order valence-electron chi connectivity index (χ3n) is 4.88. The van der Waals surface area contributed by atoms with Gasteiger partial charge in [-0.3, -0.25) is 10.9 Å². The summed E-state index contributed by atoms with van der Waals surface area (Å²) in [6.45, 7) is 3.77. The van der Waals surface area contributed by atoms with Crippen LogP contribution in [-0.2, 0) is 17.1 Å². The molecule has 2 aromatic rings. The van der Waals surface area contributed by atoms with Crippen LogP contribution in [0.15, 0.2) is 142 Å². The van der Waals surface area contributed by atoms with E-state index in [1.54, 1.807) is 24.3 Å². The van der Waals surface area contributed by atoms with Crippen molar-refractivity contribution in [3.63, 3.8) is 0 Å². The van der Waals surface area contributed by atoms with Gasteiger partial charge in [-0.1, -0.05) is 109 Å². The van der Waals surface area contributed by atoms with Crippen molar-refractivity contribution < 1.29 is 27.3 Å². The van der Waals surface area contributed by atoms with Crippen molar-refractivity contribution in [3.05, 3.63) is 143 Å². The number of hydrazone groups is 2. The monoisotopic (exact) mass is 506 g/mol. The Morgan fingerprint density at radius 1 is 0.571 bits per heavy atom. The number of benzene rings is 2. The molecule has 0 aromatic heterocycles. The van der Waals surface area contributed by atoms with Crippen LogP contribution in [0.2, 0.25) is 0 Å². The summed E-state index contributed by atoms with van der Waals surface area (Å²) in [5.74, 6) is -0.534. The Morgan fingerprint density at radius 2 is 0.886 bits per heavy atom. The maximum absolute atomic E-state index is 11.7. The maximum Gasteiger partial charge on any atom is 2.00 e. The van der Waals surface area contributed by atoms with Gasteiger partial charge in [0, 0.05) is 23.2 Å². The number of nitrogens with one attached hydrogen (secondary N) is 2. The molecule has 0 bridgehead atoms. The molecule has 178 valence electrons. The van der Waals surface area contributed by atoms with E-state index in [0.717, 1.165) is 22.5 Å². The first kappa shape index (κ1) is 27.2. The molecule has 6 nitrogen and oxygen atoms in total. The molecule has 35 heavy (non-hydrogen) atoms. The second-order valence-electron chi connectivity index (χ2n) is 7.39. The summed E-state index contributed by atoms with van der Waals surface area (Å²) >= 11 is 0. The van der Waals surface area contributed by atoms with Crippen LogP contribution in [0.25, 0.3) is 0 Å². The molecule has 0 amide bonds. The summed E-state index contributed by atoms with van der Waals surface area (Å²) in [6, 6.07) is 18.0. The predicted octanol–water partition coefficient (Wildman–Crippen LogP) is 3.39. The molecule has 2 aliphatic carbocycles. The van der Waals surface area contributed by atoms with E-state index in [2.05, 4.69) is 21.1 Å². The molecule has 7 heteroatoms. The molecule has 2 aromatic carbocycles. The van der Waals surface area contributed by atoms with E-state index in [-0.39, 0.29) is 28.9 Å². The van der Waals surface area contributed by atoms with E-state index < -0.39 is 0 Å². The van der Waals surface area contributed by atoms with Crippen LogP contribution in [-0.4, -0.2) is 11.8 Å². The van der Waals surface area contributed by atoms with E-state index >= 15 is 0 Å². The van der Waals surface area contributed by atoms with Crippen LogP contribution in [0.1, 0.15) is 25.0 Å². The van der Waals surface area contributed by atoms with Gasteiger partial charge >= 0.3 is 17.1 Å². The van der Waals surface area contributed by atoms with Crippen LogP contribution >= 0.6 is 0 Å². The predicted molar refractivity (Wildman–Crippen MR) is 134 cm³/mol. The summed E-state index contributed by atoms with van der Waals surface area (Å²) in [7, 11) is 0. The summed E-state index contributed by atoms with van der Waals surface area (Å²) in [4.78, 5) is 0. The van der Waals surface area contributed by atoms with Gasteiger partial charge in [0.1, 0.15) is 0 Å². The van der Waals surface area contributed by atoms with Crippen LogP contribution in [0.5, 0.6) is 0 Å². The first-order valence-electron chi connectivity index (χ1n) is 10.8. The van der Waals surface area contributed by atoms with Gasteiger partial charge in [0.25, 0.3) is 0 Å². The minimum Gasteiger partial charge on any atom is -0.857 e. The molecule has 0 fully saturated rings. The molecular weight excluding hydrogens is 480 g/mol. The SMILES string of the molecule is CC(N/N=C(\[O-])c1ccccc1)=C1C=CC=C1.CC(N/N=C(\[O-])c1ccccc1)=C1C=CC=C1.[Fe+2]. The zero-order chi connectivity index (χ0) is 24.2. The van der Waals surface area contributed by atoms with E-state index in [1.165, 1.54) is 0 Å². The minimum absolute atomic E-state index is 0. The van der Waals surface area contributed by atoms with Crippen molar-refractivity contribution in [1.29, 1.82) is 0 Å². The average Bonchev–Trinajstić information content (AvgIpc) is 3.62. The van der Waals surface area contributed by atoms with Gasteiger partial charge in [0.15, 0.2) is 0 Å². The van der Waals surface area contributed by atoms with Crippen molar-refractivity contribution in [3.8, 4) is 0 Å². The Kier molecular flexibility index (Phi) is 11.1. The van der Waals surface area contributed by atoms with E-state index in [1.807, 2.05) is 98.9 Å². The summed E-state index contributed by atoms with van der Waals surface area (Å²) in [6.07, 6.45) is 15.6. The number of hydrogen-bond acceptors (Lipinski definition) is 6. The summed E-state index contributed by atoms with van der Waals surface area (Å²) in [5.41, 5.74) is 10.5. The summed E-state index contributed by atoms with van der Waals surface area (Å²) in [5, 5.41) is 31.0. The first-order valence-corrected chi connectivity index (χ1v) is 10.8. The van der Waals surface area contributed by atoms with Crippen molar-refractivity contribution in [2.45, 2.75) is 13.8 Å². The Balaban J connectivity index is 0.000000240. The Bertz CT molecular complexity index is 1100. The third kappa shape index (κ3) is 8.66. The Morgan fingerprint density at radius 3 is 1.20 bits per heavy atom. The normalized spacial score (nSPS) is 13.8. The molecule has 0 atom stereocenters. The third-order valence-corrected chi connectivity index (χ3v) is 4.88. The fourth-order valence-corrected chi connectivity index (χ4v) is 2.94. The first-order chi connectivity index (χ1) is 16.5. The smallest absolute Gasteiger partial charge is 0.857 e. The van der Waals surface area contributed by atoms with Crippen LogP contribution in [0, 0.1) is 0 Å². The van der Waals surface area contributed by atoms with Gasteiger partial charge in [0.2, 0.25) is 0 Å². The van der Waals surface area contributed by atoms with Gasteiger partial charge in [-0.25, -0.2) is 0 Å². The fourth-order valence-electron chi connectivity index (χ4n) is 2.94. The molecule has 4 rings (SSSR count). The van der Waals surface area contributed by atoms with Crippen LogP contribution < -0.4 is 21.1 Å². The van der Waals surface area contributed by atoms with Crippen molar-refractivity contribution in [2.75, 3.05) is 0 Å². The minimum atomic E-state index is -0.267. The van der Waals surface area contributed by atoms with Gasteiger partial charge in [-0.2, -0.15) is 10.2 Å². The van der Waals surface area contributed by atoms with E-state index in [9.17, 15) is 10.2 Å². The number of allylic oxidation sites excluding steroid dienone is 12. The number of rotatable bonds is 6. The molecule has 2 N–H and O–H groups in total.